The highest BCUT2D eigenvalue weighted by Crippen LogP contribution is 2.35. The van der Waals surface area contributed by atoms with E-state index in [0.717, 1.165) is 0 Å². The van der Waals surface area contributed by atoms with Crippen LogP contribution in [0.3, 0.4) is 0 Å². The van der Waals surface area contributed by atoms with Gasteiger partial charge < -0.3 is 9.84 Å². The highest BCUT2D eigenvalue weighted by Gasteiger charge is 2.13. The average molecular weight is 408 g/mol. The fourth-order valence-corrected chi connectivity index (χ4v) is 3.17. The van der Waals surface area contributed by atoms with E-state index >= 15 is 0 Å². The van der Waals surface area contributed by atoms with Crippen LogP contribution in [0.5, 0.6) is 5.75 Å². The first kappa shape index (κ1) is 15.4. The Kier molecular flexibility index (Phi) is 5.12. The second kappa shape index (κ2) is 6.65. The van der Waals surface area contributed by atoms with Crippen LogP contribution < -0.4 is 4.74 Å². The van der Waals surface area contributed by atoms with E-state index in [1.165, 1.54) is 18.2 Å². The molecule has 2 aromatic rings. The first-order valence-corrected chi connectivity index (χ1v) is 7.26. The monoisotopic (exact) mass is 406 g/mol. The van der Waals surface area contributed by atoms with Crippen LogP contribution in [-0.4, -0.2) is 5.11 Å². The van der Waals surface area contributed by atoms with Gasteiger partial charge in [-0.15, -0.1) is 0 Å². The molecule has 0 amide bonds. The minimum Gasteiger partial charge on any atom is -0.486 e. The summed E-state index contributed by atoms with van der Waals surface area (Å²) in [5, 5.41) is 9.08. The normalized spacial score (nSPS) is 10.7. The van der Waals surface area contributed by atoms with Crippen LogP contribution in [0.15, 0.2) is 39.3 Å². The number of ether oxygens (including phenoxy) is 1. The number of aliphatic hydroxyl groups excluding tert-OH is 1. The van der Waals surface area contributed by atoms with Crippen LogP contribution in [0.25, 0.3) is 0 Å². The Hall–Kier alpha value is -0.980. The molecule has 6 heteroatoms. The summed E-state index contributed by atoms with van der Waals surface area (Å²) in [6, 6.07) is 7.02. The van der Waals surface area contributed by atoms with E-state index in [4.69, 9.17) is 9.84 Å². The number of aliphatic hydroxyl groups is 1. The summed E-state index contributed by atoms with van der Waals surface area (Å²) >= 11 is 6.59. The highest BCUT2D eigenvalue weighted by atomic mass is 79.9. The zero-order chi connectivity index (χ0) is 14.7. The first-order chi connectivity index (χ1) is 9.52. The molecule has 0 radical (unpaired) electrons. The molecule has 0 aliphatic rings. The lowest BCUT2D eigenvalue weighted by Crippen LogP contribution is -2.03. The predicted molar refractivity (Wildman–Crippen MR) is 78.5 cm³/mol. The van der Waals surface area contributed by atoms with Gasteiger partial charge in [0, 0.05) is 0 Å². The Morgan fingerprint density at radius 3 is 2.10 bits per heavy atom. The lowest BCUT2D eigenvalue weighted by Gasteiger charge is -2.12. The fourth-order valence-electron chi connectivity index (χ4n) is 1.66. The Morgan fingerprint density at radius 1 is 1.05 bits per heavy atom. The molecule has 2 nitrogen and oxygen atoms in total. The molecule has 0 saturated carbocycles. The van der Waals surface area contributed by atoms with Crippen molar-refractivity contribution in [2.45, 2.75) is 13.2 Å². The largest absolute Gasteiger partial charge is 0.486 e. The smallest absolute Gasteiger partial charge is 0.148 e. The maximum Gasteiger partial charge on any atom is 0.148 e. The quantitative estimate of drug-likeness (QED) is 0.804. The summed E-state index contributed by atoms with van der Waals surface area (Å²) in [4.78, 5) is 0. The Bertz CT molecular complexity index is 589. The standard InChI is InChI=1S/C14H10Br2F2O2/c15-10-4-8(6-19)5-11(16)14(10)20-7-9-12(17)2-1-3-13(9)18/h1-5,19H,6-7H2. The average Bonchev–Trinajstić information content (AvgIpc) is 2.40. The second-order valence-electron chi connectivity index (χ2n) is 4.04. The molecule has 0 saturated heterocycles. The van der Waals surface area contributed by atoms with Crippen LogP contribution in [-0.2, 0) is 13.2 Å². The molecule has 0 aliphatic heterocycles. The van der Waals surface area contributed by atoms with Crippen molar-refractivity contribution in [2.24, 2.45) is 0 Å². The second-order valence-corrected chi connectivity index (χ2v) is 5.74. The van der Waals surface area contributed by atoms with E-state index in [1.807, 2.05) is 0 Å². The zero-order valence-electron chi connectivity index (χ0n) is 10.2. The van der Waals surface area contributed by atoms with Gasteiger partial charge in [0.2, 0.25) is 0 Å². The molecule has 0 atom stereocenters. The zero-order valence-corrected chi connectivity index (χ0v) is 13.3. The van der Waals surface area contributed by atoms with Crippen LogP contribution in [0.1, 0.15) is 11.1 Å². The Morgan fingerprint density at radius 2 is 1.60 bits per heavy atom. The third kappa shape index (κ3) is 3.37. The molecule has 2 rings (SSSR count). The SMILES string of the molecule is OCc1cc(Br)c(OCc2c(F)cccc2F)c(Br)c1. The van der Waals surface area contributed by atoms with Crippen molar-refractivity contribution in [1.82, 2.24) is 0 Å². The molecule has 20 heavy (non-hydrogen) atoms. The van der Waals surface area contributed by atoms with E-state index in [0.29, 0.717) is 20.3 Å². The van der Waals surface area contributed by atoms with Gasteiger partial charge >= 0.3 is 0 Å². The summed E-state index contributed by atoms with van der Waals surface area (Å²) < 4.78 is 33.6. The van der Waals surface area contributed by atoms with E-state index in [2.05, 4.69) is 31.9 Å². The van der Waals surface area contributed by atoms with E-state index in [1.54, 1.807) is 12.1 Å². The summed E-state index contributed by atoms with van der Waals surface area (Å²) in [6.07, 6.45) is 0. The van der Waals surface area contributed by atoms with Crippen LogP contribution in [0.2, 0.25) is 0 Å². The fraction of sp³-hybridized carbons (Fsp3) is 0.143. The highest BCUT2D eigenvalue weighted by molar-refractivity contribution is 9.11. The van der Waals surface area contributed by atoms with Gasteiger partial charge in [0.05, 0.1) is 21.1 Å². The van der Waals surface area contributed by atoms with Crippen molar-refractivity contribution in [3.05, 3.63) is 62.0 Å². The molecule has 0 fully saturated rings. The maximum absolute atomic E-state index is 13.5. The minimum atomic E-state index is -0.649. The van der Waals surface area contributed by atoms with Crippen LogP contribution in [0.4, 0.5) is 8.78 Å². The van der Waals surface area contributed by atoms with Gasteiger partial charge in [-0.3, -0.25) is 0 Å². The van der Waals surface area contributed by atoms with Gasteiger partial charge in [-0.1, -0.05) is 6.07 Å². The molecular formula is C14H10Br2F2O2. The van der Waals surface area contributed by atoms with Crippen molar-refractivity contribution in [1.29, 1.82) is 0 Å². The van der Waals surface area contributed by atoms with Crippen LogP contribution in [0, 0.1) is 11.6 Å². The van der Waals surface area contributed by atoms with E-state index < -0.39 is 11.6 Å². The Labute approximate surface area is 131 Å². The summed E-state index contributed by atoms with van der Waals surface area (Å²) in [6.45, 7) is -0.340. The summed E-state index contributed by atoms with van der Waals surface area (Å²) in [5.41, 5.74) is 0.561. The molecule has 0 bridgehead atoms. The lowest BCUT2D eigenvalue weighted by molar-refractivity contribution is 0.278. The third-order valence-corrected chi connectivity index (χ3v) is 3.84. The van der Waals surface area contributed by atoms with Gasteiger partial charge in [0.1, 0.15) is 24.0 Å². The molecule has 1 N–H and O–H groups in total. The van der Waals surface area contributed by atoms with Crippen molar-refractivity contribution in [2.75, 3.05) is 0 Å². The molecule has 0 heterocycles. The van der Waals surface area contributed by atoms with Gasteiger partial charge in [-0.2, -0.15) is 0 Å². The Balaban J connectivity index is 2.23. The number of benzene rings is 2. The number of hydrogen-bond acceptors (Lipinski definition) is 2. The van der Waals surface area contributed by atoms with E-state index in [-0.39, 0.29) is 18.8 Å². The maximum atomic E-state index is 13.5. The van der Waals surface area contributed by atoms with Crippen molar-refractivity contribution >= 4 is 31.9 Å². The molecular weight excluding hydrogens is 398 g/mol. The van der Waals surface area contributed by atoms with Crippen molar-refractivity contribution < 1.29 is 18.6 Å². The first-order valence-electron chi connectivity index (χ1n) is 5.67. The van der Waals surface area contributed by atoms with Gasteiger partial charge in [0.15, 0.2) is 0 Å². The molecule has 0 spiro atoms. The molecule has 0 aliphatic carbocycles. The van der Waals surface area contributed by atoms with Gasteiger partial charge in [-0.25, -0.2) is 8.78 Å². The predicted octanol–water partition coefficient (Wildman–Crippen LogP) is 4.56. The molecule has 2 aromatic carbocycles. The van der Waals surface area contributed by atoms with Crippen molar-refractivity contribution in [3.63, 3.8) is 0 Å². The molecule has 0 unspecified atom stereocenters. The van der Waals surface area contributed by atoms with Crippen molar-refractivity contribution in [3.8, 4) is 5.75 Å². The van der Waals surface area contributed by atoms with Crippen LogP contribution >= 0.6 is 31.9 Å². The molecule has 106 valence electrons. The molecule has 0 aromatic heterocycles. The number of hydrogen-bond donors (Lipinski definition) is 1. The topological polar surface area (TPSA) is 29.5 Å². The number of halogens is 4. The van der Waals surface area contributed by atoms with E-state index in [9.17, 15) is 8.78 Å². The third-order valence-electron chi connectivity index (χ3n) is 2.66. The van der Waals surface area contributed by atoms with Gasteiger partial charge in [-0.05, 0) is 61.7 Å². The lowest BCUT2D eigenvalue weighted by atomic mass is 10.2. The summed E-state index contributed by atoms with van der Waals surface area (Å²) in [7, 11) is 0. The summed E-state index contributed by atoms with van der Waals surface area (Å²) in [5.74, 6) is -0.877. The van der Waals surface area contributed by atoms with Gasteiger partial charge in [0.25, 0.3) is 0 Å². The number of rotatable bonds is 4. The minimum absolute atomic E-state index is 0.112.